The zero-order chi connectivity index (χ0) is 22.1. The molecule has 4 nitrogen and oxygen atoms in total. The van der Waals surface area contributed by atoms with E-state index in [0.717, 1.165) is 18.4 Å². The lowest BCUT2D eigenvalue weighted by molar-refractivity contribution is -0.112. The molecule has 0 radical (unpaired) electrons. The van der Waals surface area contributed by atoms with E-state index in [9.17, 15) is 14.7 Å². The Labute approximate surface area is 185 Å². The summed E-state index contributed by atoms with van der Waals surface area (Å²) < 4.78 is 0. The number of unbranched alkanes of at least 4 members (excludes halogenated alkanes) is 7. The van der Waals surface area contributed by atoms with E-state index in [0.29, 0.717) is 12.1 Å². The lowest BCUT2D eigenvalue weighted by Gasteiger charge is -2.26. The number of fused-ring (bicyclic) bond motifs is 1. The third kappa shape index (κ3) is 5.71. The number of aliphatic hydroxyl groups is 1. The van der Waals surface area contributed by atoms with E-state index < -0.39 is 17.6 Å². The fourth-order valence-electron chi connectivity index (χ4n) is 4.19. The Morgan fingerprint density at radius 3 is 2.00 bits per heavy atom. The Kier molecular flexibility index (Phi) is 8.60. The molecule has 0 saturated heterocycles. The molecule has 164 valence electrons. The molecule has 2 aromatic rings. The molecule has 1 atom stereocenters. The number of carbonyl (C=O) groups is 2. The highest BCUT2D eigenvalue weighted by Gasteiger charge is 2.37. The Balaban J connectivity index is 1.72. The summed E-state index contributed by atoms with van der Waals surface area (Å²) in [7, 11) is 0. The van der Waals surface area contributed by atoms with Crippen LogP contribution in [-0.4, -0.2) is 23.2 Å². The predicted molar refractivity (Wildman–Crippen MR) is 125 cm³/mol. The van der Waals surface area contributed by atoms with Crippen molar-refractivity contribution in [1.29, 1.82) is 0 Å². The summed E-state index contributed by atoms with van der Waals surface area (Å²) >= 11 is 0. The van der Waals surface area contributed by atoms with Gasteiger partial charge in [-0.25, -0.2) is 0 Å². The fourth-order valence-corrected chi connectivity index (χ4v) is 4.19. The number of hydrogen-bond acceptors (Lipinski definition) is 4. The van der Waals surface area contributed by atoms with Gasteiger partial charge >= 0.3 is 0 Å². The van der Waals surface area contributed by atoms with Crippen LogP contribution in [0.1, 0.15) is 85.8 Å². The van der Waals surface area contributed by atoms with Crippen LogP contribution in [0.2, 0.25) is 0 Å². The summed E-state index contributed by atoms with van der Waals surface area (Å²) in [5.74, 6) is -1.29. The second-order valence-corrected chi connectivity index (χ2v) is 8.24. The zero-order valence-electron chi connectivity index (χ0n) is 18.4. The number of benzene rings is 2. The Bertz CT molecular complexity index is 917. The first-order valence-corrected chi connectivity index (χ1v) is 11.5. The van der Waals surface area contributed by atoms with E-state index in [-0.39, 0.29) is 16.9 Å². The predicted octanol–water partition coefficient (Wildman–Crippen LogP) is 6.19. The van der Waals surface area contributed by atoms with Gasteiger partial charge in [-0.1, -0.05) is 106 Å². The first-order valence-electron chi connectivity index (χ1n) is 11.5. The summed E-state index contributed by atoms with van der Waals surface area (Å²) in [4.78, 5) is 25.7. The molecule has 0 aliphatic heterocycles. The van der Waals surface area contributed by atoms with Crippen molar-refractivity contribution in [2.24, 2.45) is 0 Å². The van der Waals surface area contributed by atoms with Crippen molar-refractivity contribution in [3.63, 3.8) is 0 Å². The number of nitrogens with one attached hydrogen (secondary N) is 1. The summed E-state index contributed by atoms with van der Waals surface area (Å²) in [5, 5.41) is 14.4. The summed E-state index contributed by atoms with van der Waals surface area (Å²) in [5.41, 5.74) is 1.71. The average Bonchev–Trinajstić information content (AvgIpc) is 2.81. The van der Waals surface area contributed by atoms with Crippen LogP contribution in [0.4, 0.5) is 0 Å². The minimum absolute atomic E-state index is 0.0996. The van der Waals surface area contributed by atoms with Gasteiger partial charge in [-0.15, -0.1) is 0 Å². The third-order valence-electron chi connectivity index (χ3n) is 5.93. The van der Waals surface area contributed by atoms with Crippen molar-refractivity contribution in [1.82, 2.24) is 5.32 Å². The standard InChI is InChI=1S/C27H33NO3/c1-2-3-4-5-6-7-8-14-19-28-24(20-15-10-9-11-16-20)23-25(29)21-17-12-13-18-22(21)26(30)27(23)31/h9-13,15-18,24,28-29H,2-8,14,19H2,1H3/t24-/m1/s1. The van der Waals surface area contributed by atoms with E-state index in [1.807, 2.05) is 30.3 Å². The first kappa shape index (κ1) is 23.0. The quantitative estimate of drug-likeness (QED) is 0.318. The number of aliphatic hydroxyl groups excluding tert-OH is 1. The lowest BCUT2D eigenvalue weighted by Crippen LogP contribution is -2.34. The van der Waals surface area contributed by atoms with Gasteiger partial charge in [0.05, 0.1) is 11.6 Å². The highest BCUT2D eigenvalue weighted by atomic mass is 16.3. The van der Waals surface area contributed by atoms with Crippen molar-refractivity contribution in [3.05, 3.63) is 76.9 Å². The number of Topliss-reactive ketones (excluding diaryl/α,β-unsaturated/α-hetero) is 2. The van der Waals surface area contributed by atoms with Crippen molar-refractivity contribution >= 4 is 17.3 Å². The van der Waals surface area contributed by atoms with Crippen LogP contribution in [0.3, 0.4) is 0 Å². The van der Waals surface area contributed by atoms with Gasteiger partial charge in [0.15, 0.2) is 0 Å². The second kappa shape index (κ2) is 11.6. The van der Waals surface area contributed by atoms with Crippen LogP contribution >= 0.6 is 0 Å². The molecule has 1 aliphatic carbocycles. The molecule has 0 unspecified atom stereocenters. The summed E-state index contributed by atoms with van der Waals surface area (Å²) in [6.07, 6.45) is 9.78. The molecule has 0 fully saturated rings. The molecule has 31 heavy (non-hydrogen) atoms. The van der Waals surface area contributed by atoms with Gasteiger partial charge in [-0.2, -0.15) is 0 Å². The van der Waals surface area contributed by atoms with Gasteiger partial charge < -0.3 is 10.4 Å². The van der Waals surface area contributed by atoms with E-state index in [1.165, 1.54) is 38.5 Å². The van der Waals surface area contributed by atoms with E-state index in [4.69, 9.17) is 0 Å². The molecule has 2 N–H and O–H groups in total. The van der Waals surface area contributed by atoms with Gasteiger partial charge in [-0.05, 0) is 18.5 Å². The molecule has 2 aromatic carbocycles. The van der Waals surface area contributed by atoms with Crippen LogP contribution in [-0.2, 0) is 4.79 Å². The largest absolute Gasteiger partial charge is 0.507 e. The molecular formula is C27H33NO3. The smallest absolute Gasteiger partial charge is 0.235 e. The maximum atomic E-state index is 13.0. The number of rotatable bonds is 12. The zero-order valence-corrected chi connectivity index (χ0v) is 18.4. The molecule has 1 aliphatic rings. The van der Waals surface area contributed by atoms with Crippen molar-refractivity contribution in [3.8, 4) is 0 Å². The minimum atomic E-state index is -0.631. The van der Waals surface area contributed by atoms with Gasteiger partial charge in [0.2, 0.25) is 11.6 Å². The number of carbonyl (C=O) groups excluding carboxylic acids is 2. The number of hydrogen-bond donors (Lipinski definition) is 2. The highest BCUT2D eigenvalue weighted by molar-refractivity contribution is 6.52. The molecular weight excluding hydrogens is 386 g/mol. The second-order valence-electron chi connectivity index (χ2n) is 8.24. The summed E-state index contributed by atoms with van der Waals surface area (Å²) in [6.45, 7) is 2.94. The van der Waals surface area contributed by atoms with Crippen molar-refractivity contribution in [2.75, 3.05) is 6.54 Å². The van der Waals surface area contributed by atoms with Gasteiger partial charge in [0.25, 0.3) is 0 Å². The van der Waals surface area contributed by atoms with Crippen LogP contribution < -0.4 is 5.32 Å². The first-order chi connectivity index (χ1) is 15.1. The molecule has 4 heteroatoms. The monoisotopic (exact) mass is 419 g/mol. The minimum Gasteiger partial charge on any atom is -0.507 e. The van der Waals surface area contributed by atoms with Gasteiger partial charge in [0, 0.05) is 11.1 Å². The molecule has 0 saturated carbocycles. The molecule has 0 bridgehead atoms. The maximum absolute atomic E-state index is 13.0. The van der Waals surface area contributed by atoms with E-state index >= 15 is 0 Å². The highest BCUT2D eigenvalue weighted by Crippen LogP contribution is 2.34. The maximum Gasteiger partial charge on any atom is 0.235 e. The molecule has 0 aromatic heterocycles. The van der Waals surface area contributed by atoms with E-state index in [1.54, 1.807) is 24.3 Å². The van der Waals surface area contributed by atoms with Gasteiger partial charge in [-0.3, -0.25) is 9.59 Å². The van der Waals surface area contributed by atoms with Gasteiger partial charge in [0.1, 0.15) is 5.76 Å². The van der Waals surface area contributed by atoms with Crippen LogP contribution in [0.15, 0.2) is 60.2 Å². The SMILES string of the molecule is CCCCCCCCCCN[C@@H](C1=C(O)c2ccccc2C(=O)C1=O)c1ccccc1. The summed E-state index contributed by atoms with van der Waals surface area (Å²) in [6, 6.07) is 15.8. The van der Waals surface area contributed by atoms with E-state index in [2.05, 4.69) is 12.2 Å². The third-order valence-corrected chi connectivity index (χ3v) is 5.93. The van der Waals surface area contributed by atoms with Crippen LogP contribution in [0.5, 0.6) is 0 Å². The molecule has 0 spiro atoms. The van der Waals surface area contributed by atoms with Crippen molar-refractivity contribution < 1.29 is 14.7 Å². The Morgan fingerprint density at radius 2 is 1.32 bits per heavy atom. The lowest BCUT2D eigenvalue weighted by atomic mass is 9.83. The molecule has 0 amide bonds. The molecule has 3 rings (SSSR count). The number of ketones is 2. The Hall–Kier alpha value is -2.72. The fraction of sp³-hybridized carbons (Fsp3) is 0.407. The average molecular weight is 420 g/mol. The molecule has 0 heterocycles. The van der Waals surface area contributed by atoms with Crippen LogP contribution in [0, 0.1) is 0 Å². The van der Waals surface area contributed by atoms with Crippen molar-refractivity contribution in [2.45, 2.75) is 64.3 Å². The topological polar surface area (TPSA) is 66.4 Å². The Morgan fingerprint density at radius 1 is 0.742 bits per heavy atom. The normalized spacial score (nSPS) is 14.6. The van der Waals surface area contributed by atoms with Crippen LogP contribution in [0.25, 0.3) is 5.76 Å².